The SMILES string of the molecule is CN(CCc1ccccn1)c1c(F)cc(CCl)cc1F. The normalized spacial score (nSPS) is 10.6. The van der Waals surface area contributed by atoms with Crippen molar-refractivity contribution < 1.29 is 8.78 Å². The summed E-state index contributed by atoms with van der Waals surface area (Å²) in [5.41, 5.74) is 1.29. The summed E-state index contributed by atoms with van der Waals surface area (Å²) in [7, 11) is 1.66. The molecule has 2 rings (SSSR count). The highest BCUT2D eigenvalue weighted by atomic mass is 35.5. The van der Waals surface area contributed by atoms with E-state index in [1.165, 1.54) is 12.1 Å². The zero-order chi connectivity index (χ0) is 14.5. The van der Waals surface area contributed by atoms with Crippen molar-refractivity contribution in [1.82, 2.24) is 4.98 Å². The van der Waals surface area contributed by atoms with Crippen LogP contribution in [0.15, 0.2) is 36.5 Å². The van der Waals surface area contributed by atoms with Gasteiger partial charge in [0.15, 0.2) is 0 Å². The second-order valence-corrected chi connectivity index (χ2v) is 4.80. The molecule has 0 aliphatic carbocycles. The lowest BCUT2D eigenvalue weighted by Crippen LogP contribution is -2.23. The number of alkyl halides is 1. The van der Waals surface area contributed by atoms with Crippen molar-refractivity contribution in [3.05, 3.63) is 59.4 Å². The van der Waals surface area contributed by atoms with Gasteiger partial charge >= 0.3 is 0 Å². The molecular weight excluding hydrogens is 282 g/mol. The average molecular weight is 297 g/mol. The molecule has 0 aliphatic rings. The molecule has 1 aromatic carbocycles. The molecule has 20 heavy (non-hydrogen) atoms. The summed E-state index contributed by atoms with van der Waals surface area (Å²) in [5, 5.41) is 0. The Hall–Kier alpha value is -1.68. The maximum absolute atomic E-state index is 13.9. The van der Waals surface area contributed by atoms with Crippen LogP contribution in [0.4, 0.5) is 14.5 Å². The number of rotatable bonds is 5. The fourth-order valence-electron chi connectivity index (χ4n) is 2.00. The van der Waals surface area contributed by atoms with E-state index in [1.54, 1.807) is 18.1 Å². The molecule has 0 atom stereocenters. The van der Waals surface area contributed by atoms with Crippen LogP contribution in [0.3, 0.4) is 0 Å². The minimum Gasteiger partial charge on any atom is -0.369 e. The summed E-state index contributed by atoms with van der Waals surface area (Å²) in [6.45, 7) is 0.477. The van der Waals surface area contributed by atoms with Crippen molar-refractivity contribution in [2.24, 2.45) is 0 Å². The molecule has 0 saturated carbocycles. The number of hydrogen-bond donors (Lipinski definition) is 0. The van der Waals surface area contributed by atoms with Crippen LogP contribution in [-0.2, 0) is 12.3 Å². The van der Waals surface area contributed by atoms with Crippen LogP contribution in [-0.4, -0.2) is 18.6 Å². The molecule has 1 heterocycles. The molecule has 0 bridgehead atoms. The lowest BCUT2D eigenvalue weighted by molar-refractivity contribution is 0.574. The largest absolute Gasteiger partial charge is 0.369 e. The summed E-state index contributed by atoms with van der Waals surface area (Å²) < 4.78 is 27.8. The van der Waals surface area contributed by atoms with Crippen LogP contribution >= 0.6 is 11.6 Å². The van der Waals surface area contributed by atoms with Crippen molar-refractivity contribution in [2.45, 2.75) is 12.3 Å². The second kappa shape index (κ2) is 6.66. The summed E-state index contributed by atoms with van der Waals surface area (Å²) in [6.07, 6.45) is 2.32. The molecule has 0 amide bonds. The van der Waals surface area contributed by atoms with Gasteiger partial charge in [-0.3, -0.25) is 4.98 Å². The summed E-state index contributed by atoms with van der Waals surface area (Å²) in [6, 6.07) is 8.14. The van der Waals surface area contributed by atoms with Crippen LogP contribution in [0.1, 0.15) is 11.3 Å². The van der Waals surface area contributed by atoms with Crippen molar-refractivity contribution in [3.8, 4) is 0 Å². The first-order valence-corrected chi connectivity index (χ1v) is 6.80. The van der Waals surface area contributed by atoms with E-state index in [-0.39, 0.29) is 11.6 Å². The monoisotopic (exact) mass is 296 g/mol. The van der Waals surface area contributed by atoms with Gasteiger partial charge in [-0.2, -0.15) is 0 Å². The fraction of sp³-hybridized carbons (Fsp3) is 0.267. The van der Waals surface area contributed by atoms with E-state index in [0.717, 1.165) is 5.69 Å². The third-order valence-electron chi connectivity index (χ3n) is 3.04. The van der Waals surface area contributed by atoms with E-state index >= 15 is 0 Å². The predicted octanol–water partition coefficient (Wildman–Crippen LogP) is 3.78. The van der Waals surface area contributed by atoms with E-state index in [4.69, 9.17) is 11.6 Å². The highest BCUT2D eigenvalue weighted by Gasteiger charge is 2.15. The zero-order valence-corrected chi connectivity index (χ0v) is 11.9. The van der Waals surface area contributed by atoms with Gasteiger partial charge in [-0.05, 0) is 29.8 Å². The van der Waals surface area contributed by atoms with Crippen molar-refractivity contribution >= 4 is 17.3 Å². The van der Waals surface area contributed by atoms with E-state index in [1.807, 2.05) is 18.2 Å². The summed E-state index contributed by atoms with van der Waals surface area (Å²) in [4.78, 5) is 5.74. The lowest BCUT2D eigenvalue weighted by atomic mass is 10.2. The number of benzene rings is 1. The molecule has 0 unspecified atom stereocenters. The number of likely N-dealkylation sites (N-methyl/N-ethyl adjacent to an activating group) is 1. The number of anilines is 1. The van der Waals surface area contributed by atoms with Gasteiger partial charge < -0.3 is 4.90 Å². The van der Waals surface area contributed by atoms with Crippen LogP contribution < -0.4 is 4.90 Å². The van der Waals surface area contributed by atoms with Gasteiger partial charge in [-0.1, -0.05) is 6.07 Å². The topological polar surface area (TPSA) is 16.1 Å². The van der Waals surface area contributed by atoms with Crippen LogP contribution in [0.2, 0.25) is 0 Å². The standard InChI is InChI=1S/C15H15ClF2N2/c1-20(7-5-12-4-2-3-6-19-12)15-13(17)8-11(10-16)9-14(15)18/h2-4,6,8-9H,5,7,10H2,1H3. The molecule has 106 valence electrons. The number of halogens is 3. The van der Waals surface area contributed by atoms with Gasteiger partial charge in [-0.15, -0.1) is 11.6 Å². The van der Waals surface area contributed by atoms with Crippen LogP contribution in [0.25, 0.3) is 0 Å². The Labute approximate surface area is 122 Å². The first kappa shape index (κ1) is 14.7. The summed E-state index contributed by atoms with van der Waals surface area (Å²) >= 11 is 5.59. The fourth-order valence-corrected chi connectivity index (χ4v) is 2.15. The lowest BCUT2D eigenvalue weighted by Gasteiger charge is -2.20. The van der Waals surface area contributed by atoms with Crippen molar-refractivity contribution in [2.75, 3.05) is 18.5 Å². The molecular formula is C15H15ClF2N2. The number of pyridine rings is 1. The van der Waals surface area contributed by atoms with Crippen LogP contribution in [0.5, 0.6) is 0 Å². The second-order valence-electron chi connectivity index (χ2n) is 4.53. The number of hydrogen-bond acceptors (Lipinski definition) is 2. The summed E-state index contributed by atoms with van der Waals surface area (Å²) in [5.74, 6) is -1.10. The molecule has 0 radical (unpaired) electrons. The van der Waals surface area contributed by atoms with Crippen molar-refractivity contribution in [3.63, 3.8) is 0 Å². The molecule has 2 nitrogen and oxygen atoms in total. The van der Waals surface area contributed by atoms with Gasteiger partial charge in [0.2, 0.25) is 0 Å². The maximum atomic E-state index is 13.9. The quantitative estimate of drug-likeness (QED) is 0.781. The Morgan fingerprint density at radius 2 is 1.90 bits per heavy atom. The molecule has 0 saturated heterocycles. The molecule has 2 aromatic rings. The molecule has 0 fully saturated rings. The smallest absolute Gasteiger partial charge is 0.149 e. The average Bonchev–Trinajstić information content (AvgIpc) is 2.45. The highest BCUT2D eigenvalue weighted by molar-refractivity contribution is 6.17. The van der Waals surface area contributed by atoms with E-state index in [9.17, 15) is 8.78 Å². The Balaban J connectivity index is 2.11. The predicted molar refractivity (Wildman–Crippen MR) is 77.1 cm³/mol. The van der Waals surface area contributed by atoms with Crippen LogP contribution in [0, 0.1) is 11.6 Å². The Morgan fingerprint density at radius 3 is 2.45 bits per heavy atom. The highest BCUT2D eigenvalue weighted by Crippen LogP contribution is 2.25. The van der Waals surface area contributed by atoms with Crippen molar-refractivity contribution in [1.29, 1.82) is 0 Å². The molecule has 0 spiro atoms. The first-order chi connectivity index (χ1) is 9.61. The Kier molecular flexibility index (Phi) is 4.90. The van der Waals surface area contributed by atoms with Gasteiger partial charge in [0.05, 0.1) is 0 Å². The minimum atomic E-state index is -0.593. The molecule has 1 aromatic heterocycles. The molecule has 5 heteroatoms. The minimum absolute atomic E-state index is 0.0326. The van der Waals surface area contributed by atoms with E-state index in [2.05, 4.69) is 4.98 Å². The van der Waals surface area contributed by atoms with E-state index in [0.29, 0.717) is 18.5 Å². The maximum Gasteiger partial charge on any atom is 0.149 e. The van der Waals surface area contributed by atoms with Gasteiger partial charge in [-0.25, -0.2) is 8.78 Å². The van der Waals surface area contributed by atoms with Gasteiger partial charge in [0.25, 0.3) is 0 Å². The van der Waals surface area contributed by atoms with Gasteiger partial charge in [0.1, 0.15) is 17.3 Å². The first-order valence-electron chi connectivity index (χ1n) is 6.26. The van der Waals surface area contributed by atoms with Gasteiger partial charge in [0, 0.05) is 37.8 Å². The number of nitrogens with zero attached hydrogens (tertiary/aromatic N) is 2. The Morgan fingerprint density at radius 1 is 1.20 bits per heavy atom. The van der Waals surface area contributed by atoms with E-state index < -0.39 is 11.6 Å². The molecule has 0 aliphatic heterocycles. The third kappa shape index (κ3) is 3.45. The number of aromatic nitrogens is 1. The zero-order valence-electron chi connectivity index (χ0n) is 11.1. The molecule has 0 N–H and O–H groups in total. The third-order valence-corrected chi connectivity index (χ3v) is 3.35. The Bertz CT molecular complexity index is 552.